The molecular weight excluding hydrogens is 290 g/mol. The van der Waals surface area contributed by atoms with Crippen molar-refractivity contribution in [3.8, 4) is 5.75 Å². The third-order valence-corrected chi connectivity index (χ3v) is 4.65. The number of carbonyl (C=O) groups is 1. The number of ether oxygens (including phenoxy) is 1. The minimum atomic E-state index is -0.0620. The van der Waals surface area contributed by atoms with Crippen LogP contribution in [-0.4, -0.2) is 18.6 Å². The van der Waals surface area contributed by atoms with Crippen LogP contribution >= 0.6 is 0 Å². The van der Waals surface area contributed by atoms with Gasteiger partial charge in [-0.1, -0.05) is 13.8 Å². The van der Waals surface area contributed by atoms with Gasteiger partial charge in [0.05, 0.1) is 0 Å². The first kappa shape index (κ1) is 15.9. The molecule has 0 bridgehead atoms. The highest BCUT2D eigenvalue weighted by atomic mass is 16.5. The van der Waals surface area contributed by atoms with E-state index in [0.717, 1.165) is 48.2 Å². The van der Waals surface area contributed by atoms with Gasteiger partial charge >= 0.3 is 0 Å². The van der Waals surface area contributed by atoms with Crippen LogP contribution in [0.2, 0.25) is 0 Å². The Labute approximate surface area is 137 Å². The summed E-state index contributed by atoms with van der Waals surface area (Å²) in [7, 11) is 0. The number of rotatable bonds is 6. The van der Waals surface area contributed by atoms with E-state index >= 15 is 0 Å². The van der Waals surface area contributed by atoms with Crippen molar-refractivity contribution in [1.82, 2.24) is 5.32 Å². The number of carbonyl (C=O) groups excluding carboxylic acids is 1. The Bertz CT molecular complexity index is 685. The highest BCUT2D eigenvalue weighted by molar-refractivity contribution is 5.84. The van der Waals surface area contributed by atoms with E-state index in [1.54, 1.807) is 0 Å². The van der Waals surface area contributed by atoms with E-state index in [1.165, 1.54) is 18.4 Å². The molecule has 0 aliphatic heterocycles. The molecule has 1 heterocycles. The summed E-state index contributed by atoms with van der Waals surface area (Å²) in [5.41, 5.74) is 2.24. The third kappa shape index (κ3) is 3.52. The molecule has 1 aromatic carbocycles. The lowest BCUT2D eigenvalue weighted by Crippen LogP contribution is -2.37. The number of amides is 1. The summed E-state index contributed by atoms with van der Waals surface area (Å²) in [6, 6.07) is 6.06. The van der Waals surface area contributed by atoms with Crippen LogP contribution in [-0.2, 0) is 17.6 Å². The Morgan fingerprint density at radius 3 is 2.83 bits per heavy atom. The molecule has 4 heteroatoms. The zero-order chi connectivity index (χ0) is 16.2. The largest absolute Gasteiger partial charge is 0.484 e. The van der Waals surface area contributed by atoms with Gasteiger partial charge in [0, 0.05) is 23.4 Å². The molecule has 0 spiro atoms. The predicted molar refractivity (Wildman–Crippen MR) is 90.9 cm³/mol. The first-order valence-electron chi connectivity index (χ1n) is 8.67. The fraction of sp³-hybridized carbons (Fsp3) is 0.526. The van der Waals surface area contributed by atoms with Crippen molar-refractivity contribution in [3.63, 3.8) is 0 Å². The Morgan fingerprint density at radius 1 is 1.26 bits per heavy atom. The highest BCUT2D eigenvalue weighted by Gasteiger charge is 2.18. The molecule has 2 aromatic rings. The van der Waals surface area contributed by atoms with Gasteiger partial charge in [0.15, 0.2) is 6.61 Å². The Morgan fingerprint density at radius 2 is 2.04 bits per heavy atom. The molecule has 0 atom stereocenters. The maximum absolute atomic E-state index is 11.9. The van der Waals surface area contributed by atoms with Gasteiger partial charge in [0.25, 0.3) is 5.91 Å². The van der Waals surface area contributed by atoms with Crippen molar-refractivity contribution in [2.24, 2.45) is 0 Å². The van der Waals surface area contributed by atoms with Crippen molar-refractivity contribution in [3.05, 3.63) is 29.5 Å². The summed E-state index contributed by atoms with van der Waals surface area (Å²) >= 11 is 0. The average Bonchev–Trinajstić information content (AvgIpc) is 2.95. The maximum Gasteiger partial charge on any atom is 0.258 e. The smallest absolute Gasteiger partial charge is 0.258 e. The summed E-state index contributed by atoms with van der Waals surface area (Å²) < 4.78 is 11.6. The van der Waals surface area contributed by atoms with E-state index < -0.39 is 0 Å². The molecule has 1 aliphatic rings. The predicted octanol–water partition coefficient (Wildman–Crippen LogP) is 4.00. The van der Waals surface area contributed by atoms with E-state index in [-0.39, 0.29) is 18.6 Å². The Balaban J connectivity index is 1.67. The van der Waals surface area contributed by atoms with E-state index in [4.69, 9.17) is 9.15 Å². The van der Waals surface area contributed by atoms with Crippen molar-refractivity contribution >= 4 is 16.9 Å². The van der Waals surface area contributed by atoms with Crippen LogP contribution in [0.4, 0.5) is 0 Å². The van der Waals surface area contributed by atoms with Gasteiger partial charge in [-0.2, -0.15) is 0 Å². The molecule has 0 radical (unpaired) electrons. The van der Waals surface area contributed by atoms with Gasteiger partial charge in [-0.25, -0.2) is 0 Å². The second-order valence-electron chi connectivity index (χ2n) is 6.24. The fourth-order valence-electron chi connectivity index (χ4n) is 3.24. The van der Waals surface area contributed by atoms with Gasteiger partial charge < -0.3 is 14.5 Å². The summed E-state index contributed by atoms with van der Waals surface area (Å²) in [6.07, 6.45) is 6.39. The molecule has 1 aliphatic carbocycles. The molecule has 124 valence electrons. The van der Waals surface area contributed by atoms with Gasteiger partial charge in [0.1, 0.15) is 17.1 Å². The molecule has 4 nitrogen and oxygen atoms in total. The Kier molecular flexibility index (Phi) is 4.89. The molecule has 1 N–H and O–H groups in total. The van der Waals surface area contributed by atoms with E-state index in [0.29, 0.717) is 0 Å². The van der Waals surface area contributed by atoms with Crippen LogP contribution in [0.1, 0.15) is 50.9 Å². The maximum atomic E-state index is 11.9. The summed E-state index contributed by atoms with van der Waals surface area (Å²) in [5.74, 6) is 1.79. The van der Waals surface area contributed by atoms with Crippen molar-refractivity contribution in [2.45, 2.75) is 58.4 Å². The normalized spacial score (nSPS) is 14.0. The lowest BCUT2D eigenvalue weighted by Gasteiger charge is -2.15. The molecule has 0 saturated heterocycles. The quantitative estimate of drug-likeness (QED) is 0.876. The fourth-order valence-corrected chi connectivity index (χ4v) is 3.24. The van der Waals surface area contributed by atoms with E-state index in [2.05, 4.69) is 19.2 Å². The summed E-state index contributed by atoms with van der Waals surface area (Å²) in [6.45, 7) is 4.21. The minimum absolute atomic E-state index is 0.0576. The molecule has 1 aromatic heterocycles. The first-order chi connectivity index (χ1) is 11.2. The van der Waals surface area contributed by atoms with Gasteiger partial charge in [0.2, 0.25) is 0 Å². The van der Waals surface area contributed by atoms with Crippen LogP contribution in [0.25, 0.3) is 11.0 Å². The van der Waals surface area contributed by atoms with Crippen molar-refractivity contribution in [2.75, 3.05) is 6.61 Å². The number of hydrogen-bond acceptors (Lipinski definition) is 3. The molecular formula is C19H25NO3. The zero-order valence-corrected chi connectivity index (χ0v) is 14.0. The minimum Gasteiger partial charge on any atom is -0.484 e. The number of fused-ring (bicyclic) bond motifs is 3. The molecule has 0 saturated carbocycles. The highest BCUT2D eigenvalue weighted by Crippen LogP contribution is 2.33. The number of benzene rings is 1. The topological polar surface area (TPSA) is 51.5 Å². The van der Waals surface area contributed by atoms with Crippen LogP contribution in [0.5, 0.6) is 5.75 Å². The third-order valence-electron chi connectivity index (χ3n) is 4.65. The van der Waals surface area contributed by atoms with Crippen molar-refractivity contribution in [1.29, 1.82) is 0 Å². The second kappa shape index (κ2) is 7.07. The van der Waals surface area contributed by atoms with Crippen LogP contribution in [0, 0.1) is 0 Å². The molecule has 0 fully saturated rings. The lowest BCUT2D eigenvalue weighted by molar-refractivity contribution is -0.123. The molecule has 3 rings (SSSR count). The standard InChI is InChI=1S/C19H25NO3/c1-3-13(4-2)20-19(21)12-22-14-9-10-18-16(11-14)15-7-5-6-8-17(15)23-18/h9-11,13H,3-8,12H2,1-2H3,(H,20,21). The number of hydrogen-bond donors (Lipinski definition) is 1. The first-order valence-corrected chi connectivity index (χ1v) is 8.67. The zero-order valence-electron chi connectivity index (χ0n) is 14.0. The van der Waals surface area contributed by atoms with Gasteiger partial charge in [-0.15, -0.1) is 0 Å². The lowest BCUT2D eigenvalue weighted by atomic mass is 9.96. The summed E-state index contributed by atoms with van der Waals surface area (Å²) in [5, 5.41) is 4.12. The molecule has 0 unspecified atom stereocenters. The van der Waals surface area contributed by atoms with Gasteiger partial charge in [-0.05, 0) is 50.3 Å². The Hall–Kier alpha value is -1.97. The van der Waals surface area contributed by atoms with Crippen LogP contribution in [0.3, 0.4) is 0 Å². The number of nitrogens with one attached hydrogen (secondary N) is 1. The number of aryl methyl sites for hydroxylation is 2. The average molecular weight is 315 g/mol. The SMILES string of the molecule is CCC(CC)NC(=O)COc1ccc2oc3c(c2c1)CCCC3. The van der Waals surface area contributed by atoms with Crippen LogP contribution in [0.15, 0.2) is 22.6 Å². The molecule has 23 heavy (non-hydrogen) atoms. The monoisotopic (exact) mass is 315 g/mol. The number of furan rings is 1. The second-order valence-corrected chi connectivity index (χ2v) is 6.24. The summed E-state index contributed by atoms with van der Waals surface area (Å²) in [4.78, 5) is 11.9. The van der Waals surface area contributed by atoms with E-state index in [1.807, 2.05) is 18.2 Å². The van der Waals surface area contributed by atoms with E-state index in [9.17, 15) is 4.79 Å². The molecule has 1 amide bonds. The van der Waals surface area contributed by atoms with Gasteiger partial charge in [-0.3, -0.25) is 4.79 Å². The van der Waals surface area contributed by atoms with Crippen LogP contribution < -0.4 is 10.1 Å². The van der Waals surface area contributed by atoms with Crippen molar-refractivity contribution < 1.29 is 13.9 Å².